The van der Waals surface area contributed by atoms with E-state index in [4.69, 9.17) is 5.73 Å². The van der Waals surface area contributed by atoms with Crippen molar-refractivity contribution in [3.8, 4) is 0 Å². The van der Waals surface area contributed by atoms with E-state index in [2.05, 4.69) is 36.4 Å². The lowest BCUT2D eigenvalue weighted by molar-refractivity contribution is -0.114. The Labute approximate surface area is 150 Å². The minimum absolute atomic E-state index is 0. The van der Waals surface area contributed by atoms with Gasteiger partial charge in [-0.3, -0.25) is 4.79 Å². The summed E-state index contributed by atoms with van der Waals surface area (Å²) < 4.78 is 0. The third kappa shape index (κ3) is 8.86. The molecule has 0 heterocycles. The summed E-state index contributed by atoms with van der Waals surface area (Å²) in [6.45, 7) is 7.17. The van der Waals surface area contributed by atoms with Crippen LogP contribution in [0.1, 0.15) is 32.8 Å². The van der Waals surface area contributed by atoms with Gasteiger partial charge < -0.3 is 16.4 Å². The normalized spacial score (nSPS) is 11.0. The summed E-state index contributed by atoms with van der Waals surface area (Å²) in [6, 6.07) is 7.79. The van der Waals surface area contributed by atoms with E-state index in [-0.39, 0.29) is 36.4 Å². The van der Waals surface area contributed by atoms with Gasteiger partial charge in [-0.15, -0.1) is 24.0 Å². The number of nitrogens with one attached hydrogen (secondary N) is 2. The van der Waals surface area contributed by atoms with Crippen molar-refractivity contribution in [2.24, 2.45) is 16.6 Å². The standard InChI is InChI=1S/C16H26N4O.HI/c1-4-13-6-5-7-14(10-13)20-15(21)11-19-16(17)18-9-8-12(2)3;/h5-7,10,12H,4,8-9,11H2,1-3H3,(H,20,21)(H3,17,18,19);1H. The maximum Gasteiger partial charge on any atom is 0.246 e. The van der Waals surface area contributed by atoms with E-state index in [1.807, 2.05) is 24.3 Å². The summed E-state index contributed by atoms with van der Waals surface area (Å²) in [4.78, 5) is 15.8. The van der Waals surface area contributed by atoms with Crippen LogP contribution in [0, 0.1) is 5.92 Å². The van der Waals surface area contributed by atoms with Crippen LogP contribution in [0.2, 0.25) is 0 Å². The molecule has 4 N–H and O–H groups in total. The fourth-order valence-electron chi connectivity index (χ4n) is 1.77. The Morgan fingerprint density at radius 2 is 2.09 bits per heavy atom. The molecule has 0 aromatic heterocycles. The first kappa shape index (κ1) is 20.7. The largest absolute Gasteiger partial charge is 0.370 e. The quantitative estimate of drug-likeness (QED) is 0.362. The molecule has 0 atom stereocenters. The minimum atomic E-state index is -0.170. The van der Waals surface area contributed by atoms with Gasteiger partial charge in [0, 0.05) is 12.2 Å². The Bertz CT molecular complexity index is 489. The number of anilines is 1. The lowest BCUT2D eigenvalue weighted by atomic mass is 10.1. The summed E-state index contributed by atoms with van der Waals surface area (Å²) in [5, 5.41) is 5.82. The van der Waals surface area contributed by atoms with Crippen LogP contribution in [-0.2, 0) is 11.2 Å². The average molecular weight is 418 g/mol. The summed E-state index contributed by atoms with van der Waals surface area (Å²) >= 11 is 0. The van der Waals surface area contributed by atoms with Crippen LogP contribution >= 0.6 is 24.0 Å². The fourth-order valence-corrected chi connectivity index (χ4v) is 1.77. The number of aryl methyl sites for hydroxylation is 1. The number of aliphatic imine (C=N–C) groups is 1. The maximum absolute atomic E-state index is 11.8. The first-order valence-electron chi connectivity index (χ1n) is 7.43. The van der Waals surface area contributed by atoms with Crippen LogP contribution < -0.4 is 16.4 Å². The molecule has 1 aromatic rings. The van der Waals surface area contributed by atoms with Crippen molar-refractivity contribution < 1.29 is 4.79 Å². The van der Waals surface area contributed by atoms with Crippen LogP contribution in [0.25, 0.3) is 0 Å². The van der Waals surface area contributed by atoms with Gasteiger partial charge in [0.15, 0.2) is 5.96 Å². The van der Waals surface area contributed by atoms with Gasteiger partial charge in [0.1, 0.15) is 6.54 Å². The Morgan fingerprint density at radius 1 is 1.36 bits per heavy atom. The number of rotatable bonds is 7. The highest BCUT2D eigenvalue weighted by Gasteiger charge is 2.02. The minimum Gasteiger partial charge on any atom is -0.370 e. The molecular weight excluding hydrogens is 391 g/mol. The number of benzene rings is 1. The number of hydrogen-bond acceptors (Lipinski definition) is 2. The van der Waals surface area contributed by atoms with Gasteiger partial charge in [0.05, 0.1) is 0 Å². The van der Waals surface area contributed by atoms with Gasteiger partial charge in [0.25, 0.3) is 0 Å². The number of nitrogens with zero attached hydrogens (tertiary/aromatic N) is 1. The van der Waals surface area contributed by atoms with Crippen molar-refractivity contribution in [2.45, 2.75) is 33.6 Å². The second-order valence-electron chi connectivity index (χ2n) is 5.41. The maximum atomic E-state index is 11.8. The number of hydrogen-bond donors (Lipinski definition) is 3. The van der Waals surface area contributed by atoms with Gasteiger partial charge in [-0.1, -0.05) is 32.9 Å². The van der Waals surface area contributed by atoms with E-state index in [1.165, 1.54) is 5.56 Å². The van der Waals surface area contributed by atoms with E-state index in [0.29, 0.717) is 11.9 Å². The molecule has 0 aliphatic heterocycles. The van der Waals surface area contributed by atoms with Crippen LogP contribution in [0.4, 0.5) is 5.69 Å². The molecule has 124 valence electrons. The number of carbonyl (C=O) groups is 1. The summed E-state index contributed by atoms with van der Waals surface area (Å²) in [5.74, 6) is 0.754. The van der Waals surface area contributed by atoms with Crippen molar-refractivity contribution in [1.82, 2.24) is 5.32 Å². The van der Waals surface area contributed by atoms with Gasteiger partial charge in [0.2, 0.25) is 5.91 Å². The first-order valence-corrected chi connectivity index (χ1v) is 7.43. The Hall–Kier alpha value is -1.31. The molecule has 22 heavy (non-hydrogen) atoms. The van der Waals surface area contributed by atoms with E-state index < -0.39 is 0 Å². The SMILES string of the molecule is CCc1cccc(NC(=O)CN=C(N)NCCC(C)C)c1.I. The fraction of sp³-hybridized carbons (Fsp3) is 0.500. The van der Waals surface area contributed by atoms with Crippen LogP contribution in [0.15, 0.2) is 29.3 Å². The summed E-state index contributed by atoms with van der Waals surface area (Å²) in [5.41, 5.74) is 7.68. The summed E-state index contributed by atoms with van der Waals surface area (Å²) in [7, 11) is 0. The van der Waals surface area contributed by atoms with Crippen molar-refractivity contribution in [3.63, 3.8) is 0 Å². The predicted octanol–water partition coefficient (Wildman–Crippen LogP) is 2.76. The Balaban J connectivity index is 0.00000441. The lowest BCUT2D eigenvalue weighted by Gasteiger charge is -2.08. The topological polar surface area (TPSA) is 79.5 Å². The van der Waals surface area contributed by atoms with E-state index in [1.54, 1.807) is 0 Å². The Morgan fingerprint density at radius 3 is 2.73 bits per heavy atom. The highest BCUT2D eigenvalue weighted by atomic mass is 127. The molecular formula is C16H27IN4O. The molecule has 0 bridgehead atoms. The molecule has 0 saturated carbocycles. The number of amides is 1. The van der Waals surface area contributed by atoms with Crippen LogP contribution in [-0.4, -0.2) is 25.0 Å². The zero-order chi connectivity index (χ0) is 15.7. The molecule has 0 aliphatic carbocycles. The second-order valence-corrected chi connectivity index (χ2v) is 5.41. The Kier molecular flexibility index (Phi) is 10.6. The monoisotopic (exact) mass is 418 g/mol. The molecule has 0 fully saturated rings. The molecule has 1 aromatic carbocycles. The van der Waals surface area contributed by atoms with E-state index >= 15 is 0 Å². The zero-order valence-electron chi connectivity index (χ0n) is 13.6. The zero-order valence-corrected chi connectivity index (χ0v) is 15.9. The number of carbonyl (C=O) groups excluding carboxylic acids is 1. The molecule has 1 amide bonds. The molecule has 5 nitrogen and oxygen atoms in total. The van der Waals surface area contributed by atoms with Gasteiger partial charge >= 0.3 is 0 Å². The first-order chi connectivity index (χ1) is 10.0. The highest BCUT2D eigenvalue weighted by Crippen LogP contribution is 2.10. The predicted molar refractivity (Wildman–Crippen MR) is 104 cm³/mol. The van der Waals surface area contributed by atoms with Gasteiger partial charge in [-0.05, 0) is 36.5 Å². The van der Waals surface area contributed by atoms with Gasteiger partial charge in [-0.2, -0.15) is 0 Å². The molecule has 6 heteroatoms. The van der Waals surface area contributed by atoms with Crippen LogP contribution in [0.5, 0.6) is 0 Å². The second kappa shape index (κ2) is 11.3. The van der Waals surface area contributed by atoms with Crippen LogP contribution in [0.3, 0.4) is 0 Å². The van der Waals surface area contributed by atoms with E-state index in [9.17, 15) is 4.79 Å². The smallest absolute Gasteiger partial charge is 0.246 e. The highest BCUT2D eigenvalue weighted by molar-refractivity contribution is 14.0. The molecule has 0 saturated heterocycles. The molecule has 1 rings (SSSR count). The third-order valence-corrected chi connectivity index (χ3v) is 3.04. The van der Waals surface area contributed by atoms with Crippen molar-refractivity contribution in [3.05, 3.63) is 29.8 Å². The molecule has 0 radical (unpaired) electrons. The van der Waals surface area contributed by atoms with Crippen molar-refractivity contribution in [2.75, 3.05) is 18.4 Å². The summed E-state index contributed by atoms with van der Waals surface area (Å²) in [6.07, 6.45) is 1.96. The molecule has 0 unspecified atom stereocenters. The number of guanidine groups is 1. The molecule has 0 aliphatic rings. The number of nitrogens with two attached hydrogens (primary N) is 1. The number of halogens is 1. The van der Waals surface area contributed by atoms with Crippen molar-refractivity contribution in [1.29, 1.82) is 0 Å². The van der Waals surface area contributed by atoms with Crippen molar-refractivity contribution >= 4 is 41.5 Å². The lowest BCUT2D eigenvalue weighted by Crippen LogP contribution is -2.34. The average Bonchev–Trinajstić information content (AvgIpc) is 2.45. The third-order valence-electron chi connectivity index (χ3n) is 3.04. The van der Waals surface area contributed by atoms with E-state index in [0.717, 1.165) is 25.1 Å². The van der Waals surface area contributed by atoms with Gasteiger partial charge in [-0.25, -0.2) is 4.99 Å². The molecule has 0 spiro atoms.